The Morgan fingerprint density at radius 2 is 2.30 bits per heavy atom. The highest BCUT2D eigenvalue weighted by Crippen LogP contribution is 2.53. The molecule has 1 aromatic rings. The summed E-state index contributed by atoms with van der Waals surface area (Å²) in [7, 11) is 0. The number of aliphatic hydroxyl groups excluding tert-OH is 1. The molecule has 20 heavy (non-hydrogen) atoms. The van der Waals surface area contributed by atoms with E-state index in [2.05, 4.69) is 0 Å². The predicted octanol–water partition coefficient (Wildman–Crippen LogP) is 3.63. The molecule has 1 aliphatic carbocycles. The van der Waals surface area contributed by atoms with Crippen LogP contribution in [0.5, 0.6) is 0 Å². The number of halogens is 1. The number of likely N-dealkylation sites (tertiary alicyclic amines) is 1. The molecular weight excluding hydrogens is 298 g/mol. The topological polar surface area (TPSA) is 60.8 Å². The van der Waals surface area contributed by atoms with Gasteiger partial charge in [-0.2, -0.15) is 0 Å². The third kappa shape index (κ3) is 2.12. The number of aliphatic hydroxyl groups is 1. The molecule has 0 radical (unpaired) electrons. The maximum Gasteiger partial charge on any atom is 0.407 e. The van der Waals surface area contributed by atoms with Gasteiger partial charge in [0, 0.05) is 22.9 Å². The van der Waals surface area contributed by atoms with E-state index < -0.39 is 12.2 Å². The normalized spacial score (nSPS) is 33.2. The van der Waals surface area contributed by atoms with E-state index in [0.29, 0.717) is 10.9 Å². The zero-order valence-corrected chi connectivity index (χ0v) is 12.9. The van der Waals surface area contributed by atoms with Crippen molar-refractivity contribution in [1.29, 1.82) is 0 Å². The van der Waals surface area contributed by atoms with Crippen molar-refractivity contribution in [2.45, 2.75) is 50.2 Å². The molecule has 0 aromatic carbocycles. The Bertz CT molecular complexity index is 547. The van der Waals surface area contributed by atoms with Crippen LogP contribution < -0.4 is 0 Å². The molecule has 110 valence electrons. The third-order valence-corrected chi connectivity index (χ3v) is 6.29. The van der Waals surface area contributed by atoms with E-state index in [1.807, 2.05) is 13.0 Å². The van der Waals surface area contributed by atoms with Crippen LogP contribution in [0, 0.1) is 0 Å². The monoisotopic (exact) mass is 315 g/mol. The van der Waals surface area contributed by atoms with Crippen LogP contribution >= 0.6 is 22.9 Å². The largest absolute Gasteiger partial charge is 0.465 e. The lowest BCUT2D eigenvalue weighted by molar-refractivity contribution is 0.0648. The minimum atomic E-state index is -0.840. The van der Waals surface area contributed by atoms with E-state index in [9.17, 15) is 15.0 Å². The molecular formula is C14H18ClNO3S. The van der Waals surface area contributed by atoms with Gasteiger partial charge < -0.3 is 15.1 Å². The number of carboxylic acid groups (broad SMARTS) is 1. The molecule has 1 fully saturated rings. The van der Waals surface area contributed by atoms with E-state index >= 15 is 0 Å². The number of nitrogens with zero attached hydrogens (tertiary/aromatic N) is 1. The lowest BCUT2D eigenvalue weighted by Gasteiger charge is -2.47. The summed E-state index contributed by atoms with van der Waals surface area (Å²) in [5.41, 5.74) is 0.958. The number of thiophene rings is 1. The van der Waals surface area contributed by atoms with Crippen LogP contribution in [0.25, 0.3) is 0 Å². The predicted molar refractivity (Wildman–Crippen MR) is 78.6 cm³/mol. The standard InChI is InChI=1S/C14H18ClNO3S/c1-8-7-14(4-5-16(8)13(18)19)3-2-10(17)9-6-11(15)20-12(9)14/h6,8,10,17H,2-5,7H2,1H3,(H,18,19)/t8?,10-,14?/m1/s1. The van der Waals surface area contributed by atoms with E-state index in [-0.39, 0.29) is 11.5 Å². The van der Waals surface area contributed by atoms with Crippen LogP contribution in [-0.4, -0.2) is 33.8 Å². The molecule has 1 saturated heterocycles. The number of fused-ring (bicyclic) bond motifs is 2. The van der Waals surface area contributed by atoms with Gasteiger partial charge in [-0.05, 0) is 44.2 Å². The summed E-state index contributed by atoms with van der Waals surface area (Å²) in [4.78, 5) is 13.9. The number of amides is 1. The molecule has 2 N–H and O–H groups in total. The maximum atomic E-state index is 11.2. The first-order chi connectivity index (χ1) is 9.43. The van der Waals surface area contributed by atoms with Crippen LogP contribution in [0.15, 0.2) is 6.07 Å². The first-order valence-corrected chi connectivity index (χ1v) is 8.10. The summed E-state index contributed by atoms with van der Waals surface area (Å²) in [5.74, 6) is 0. The molecule has 1 aliphatic heterocycles. The molecule has 1 spiro atoms. The Labute approximate surface area is 127 Å². The molecule has 1 aromatic heterocycles. The first kappa shape index (κ1) is 14.2. The minimum absolute atomic E-state index is 0.00225. The number of carbonyl (C=O) groups is 1. The van der Waals surface area contributed by atoms with Gasteiger partial charge in [0.15, 0.2) is 0 Å². The summed E-state index contributed by atoms with van der Waals surface area (Å²) < 4.78 is 0.712. The second-order valence-corrected chi connectivity index (χ2v) is 7.63. The molecule has 0 bridgehead atoms. The van der Waals surface area contributed by atoms with Gasteiger partial charge in [-0.25, -0.2) is 4.79 Å². The van der Waals surface area contributed by atoms with Crippen LogP contribution in [0.3, 0.4) is 0 Å². The van der Waals surface area contributed by atoms with Crippen molar-refractivity contribution in [2.24, 2.45) is 0 Å². The number of piperidine rings is 1. The summed E-state index contributed by atoms with van der Waals surface area (Å²) >= 11 is 7.69. The smallest absolute Gasteiger partial charge is 0.407 e. The molecule has 3 atom stereocenters. The Hall–Kier alpha value is -0.780. The van der Waals surface area contributed by atoms with Crippen LogP contribution in [0.4, 0.5) is 4.79 Å². The fourth-order valence-corrected chi connectivity index (χ4v) is 5.31. The van der Waals surface area contributed by atoms with Gasteiger partial charge >= 0.3 is 6.09 Å². The molecule has 4 nitrogen and oxygen atoms in total. The summed E-state index contributed by atoms with van der Waals surface area (Å²) in [6.45, 7) is 2.52. The van der Waals surface area contributed by atoms with Gasteiger partial charge in [0.25, 0.3) is 0 Å². The molecule has 3 rings (SSSR count). The summed E-state index contributed by atoms with van der Waals surface area (Å²) in [5, 5.41) is 19.3. The van der Waals surface area contributed by atoms with Crippen molar-refractivity contribution >= 4 is 29.0 Å². The van der Waals surface area contributed by atoms with Crippen LogP contribution in [0.1, 0.15) is 49.2 Å². The number of hydrogen-bond acceptors (Lipinski definition) is 3. The second-order valence-electron chi connectivity index (χ2n) is 5.95. The lowest BCUT2D eigenvalue weighted by atomic mass is 9.66. The molecule has 6 heteroatoms. The van der Waals surface area contributed by atoms with Gasteiger partial charge in [0.2, 0.25) is 0 Å². The maximum absolute atomic E-state index is 11.2. The highest BCUT2D eigenvalue weighted by molar-refractivity contribution is 7.16. The van der Waals surface area contributed by atoms with E-state index in [1.54, 1.807) is 11.3 Å². The number of hydrogen-bond donors (Lipinski definition) is 2. The highest BCUT2D eigenvalue weighted by Gasteiger charge is 2.46. The van der Waals surface area contributed by atoms with Gasteiger partial charge in [-0.1, -0.05) is 11.6 Å². The zero-order chi connectivity index (χ0) is 14.5. The summed E-state index contributed by atoms with van der Waals surface area (Å²) in [6.07, 6.45) is 2.02. The van der Waals surface area contributed by atoms with Crippen LogP contribution in [0.2, 0.25) is 4.34 Å². The van der Waals surface area contributed by atoms with Gasteiger partial charge in [0.1, 0.15) is 0 Å². The Morgan fingerprint density at radius 3 is 2.95 bits per heavy atom. The fourth-order valence-electron chi connectivity index (χ4n) is 3.77. The van der Waals surface area contributed by atoms with Gasteiger partial charge in [-0.3, -0.25) is 0 Å². The SMILES string of the molecule is CC1CC2(CC[C@@H](O)c3cc(Cl)sc32)CCN1C(=O)O. The molecule has 2 heterocycles. The van der Waals surface area contributed by atoms with Gasteiger partial charge in [-0.15, -0.1) is 11.3 Å². The average Bonchev–Trinajstić information content (AvgIpc) is 2.78. The van der Waals surface area contributed by atoms with Crippen molar-refractivity contribution < 1.29 is 15.0 Å². The van der Waals surface area contributed by atoms with Crippen molar-refractivity contribution in [2.75, 3.05) is 6.54 Å². The molecule has 1 amide bonds. The molecule has 0 saturated carbocycles. The molecule has 2 aliphatic rings. The van der Waals surface area contributed by atoms with Crippen molar-refractivity contribution in [3.05, 3.63) is 20.8 Å². The zero-order valence-electron chi connectivity index (χ0n) is 11.3. The Morgan fingerprint density at radius 1 is 1.55 bits per heavy atom. The Balaban J connectivity index is 1.95. The third-order valence-electron chi connectivity index (χ3n) is 4.76. The van der Waals surface area contributed by atoms with Gasteiger partial charge in [0.05, 0.1) is 10.4 Å². The second kappa shape index (κ2) is 4.90. The van der Waals surface area contributed by atoms with E-state index in [4.69, 9.17) is 11.6 Å². The van der Waals surface area contributed by atoms with Crippen molar-refractivity contribution in [1.82, 2.24) is 4.90 Å². The highest BCUT2D eigenvalue weighted by atomic mass is 35.5. The summed E-state index contributed by atoms with van der Waals surface area (Å²) in [6, 6.07) is 1.88. The molecule has 2 unspecified atom stereocenters. The fraction of sp³-hybridized carbons (Fsp3) is 0.643. The lowest BCUT2D eigenvalue weighted by Crippen LogP contribution is -2.50. The minimum Gasteiger partial charge on any atom is -0.465 e. The Kier molecular flexibility index (Phi) is 3.47. The first-order valence-electron chi connectivity index (χ1n) is 6.90. The number of rotatable bonds is 0. The van der Waals surface area contributed by atoms with Crippen molar-refractivity contribution in [3.63, 3.8) is 0 Å². The average molecular weight is 316 g/mol. The van der Waals surface area contributed by atoms with E-state index in [0.717, 1.165) is 31.2 Å². The van der Waals surface area contributed by atoms with E-state index in [1.165, 1.54) is 9.78 Å². The quantitative estimate of drug-likeness (QED) is 0.768. The van der Waals surface area contributed by atoms with Crippen LogP contribution in [-0.2, 0) is 5.41 Å². The van der Waals surface area contributed by atoms with Crippen molar-refractivity contribution in [3.8, 4) is 0 Å².